The molecular weight excluding hydrogens is 553 g/mol. The number of nitrogens with one attached hydrogen (secondary N) is 2. The Kier molecular flexibility index (Phi) is 7.30. The molecule has 42 heavy (non-hydrogen) atoms. The van der Waals surface area contributed by atoms with Gasteiger partial charge in [-0.15, -0.1) is 13.2 Å². The van der Waals surface area contributed by atoms with E-state index in [1.807, 2.05) is 18.2 Å². The number of aliphatic carboxylic acids is 1. The zero-order valence-corrected chi connectivity index (χ0v) is 23.0. The minimum absolute atomic E-state index is 0.00208. The van der Waals surface area contributed by atoms with Gasteiger partial charge in [-0.05, 0) is 62.8 Å². The Balaban J connectivity index is 1.17. The average Bonchev–Trinajstić information content (AvgIpc) is 3.69. The van der Waals surface area contributed by atoms with Crippen molar-refractivity contribution in [1.82, 2.24) is 5.43 Å². The highest BCUT2D eigenvalue weighted by Crippen LogP contribution is 2.44. The van der Waals surface area contributed by atoms with Crippen molar-refractivity contribution in [2.75, 3.05) is 23.6 Å². The predicted octanol–water partition coefficient (Wildman–Crippen LogP) is 5.47. The predicted molar refractivity (Wildman–Crippen MR) is 149 cm³/mol. The summed E-state index contributed by atoms with van der Waals surface area (Å²) >= 11 is 0. The first-order valence-electron chi connectivity index (χ1n) is 14.1. The number of ether oxygens (including phenoxy) is 2. The molecule has 0 spiro atoms. The van der Waals surface area contributed by atoms with Crippen LogP contribution in [0.15, 0.2) is 53.8 Å². The third-order valence-corrected chi connectivity index (χ3v) is 8.66. The summed E-state index contributed by atoms with van der Waals surface area (Å²) in [6.45, 7) is -0.0858. The third kappa shape index (κ3) is 5.52. The fourth-order valence-electron chi connectivity index (χ4n) is 6.56. The van der Waals surface area contributed by atoms with E-state index in [4.69, 9.17) is 10.1 Å². The molecule has 3 aliphatic heterocycles. The van der Waals surface area contributed by atoms with Crippen molar-refractivity contribution < 1.29 is 37.7 Å². The number of carboxylic acid groups (broad SMARTS) is 1. The minimum atomic E-state index is -4.91. The van der Waals surface area contributed by atoms with Crippen LogP contribution in [0.5, 0.6) is 5.75 Å². The zero-order chi connectivity index (χ0) is 29.8. The number of hydrogen-bond donors (Lipinski definition) is 4. The van der Waals surface area contributed by atoms with Crippen LogP contribution in [-0.2, 0) is 9.53 Å². The minimum Gasteiger partial charge on any atom is -0.512 e. The molecule has 0 radical (unpaired) electrons. The van der Waals surface area contributed by atoms with Gasteiger partial charge < -0.3 is 29.6 Å². The molecule has 3 heterocycles. The normalized spacial score (nSPS) is 25.7. The molecule has 2 aromatic rings. The van der Waals surface area contributed by atoms with E-state index in [1.165, 1.54) is 18.2 Å². The number of anilines is 2. The molecule has 12 heteroatoms. The highest BCUT2D eigenvalue weighted by Gasteiger charge is 2.43. The summed E-state index contributed by atoms with van der Waals surface area (Å²) in [5.74, 6) is -1.55. The van der Waals surface area contributed by atoms with Gasteiger partial charge in [0.05, 0.1) is 24.1 Å². The molecule has 4 atom stereocenters. The number of fused-ring (bicyclic) bond motifs is 3. The maximum absolute atomic E-state index is 13.0. The van der Waals surface area contributed by atoms with Crippen LogP contribution in [0.25, 0.3) is 0 Å². The molecule has 224 valence electrons. The van der Waals surface area contributed by atoms with E-state index in [0.29, 0.717) is 0 Å². The van der Waals surface area contributed by atoms with Crippen LogP contribution < -0.4 is 20.1 Å². The topological polar surface area (TPSA) is 118 Å². The molecule has 2 saturated heterocycles. The second-order valence-electron chi connectivity index (χ2n) is 11.5. The van der Waals surface area contributed by atoms with Crippen molar-refractivity contribution in [2.45, 2.75) is 69.1 Å². The van der Waals surface area contributed by atoms with Crippen LogP contribution in [-0.4, -0.2) is 60.1 Å². The molecule has 2 aromatic carbocycles. The summed E-state index contributed by atoms with van der Waals surface area (Å²) in [7, 11) is 1.80. The number of hydrogen-bond acceptors (Lipinski definition) is 8. The first-order valence-corrected chi connectivity index (χ1v) is 14.1. The largest absolute Gasteiger partial charge is 0.573 e. The molecule has 0 amide bonds. The number of para-hydroxylation sites is 1. The second-order valence-corrected chi connectivity index (χ2v) is 11.5. The number of hydrazine groups is 1. The SMILES string of the molecule is CN1NC(C(=O)O)c2ccc(N3C4CC[C@H]3CC(OC/C(C(=N)c3ccccc3OC(F)(F)F)=C(/O)C3CC3)C4)cc21. The standard InChI is InChI=1S/C30H33F3N4O5/c1-36-24-14-19(10-11-21(24)27(35-36)29(39)40)37-17-8-9-18(37)13-20(12-17)41-15-23(28(38)16-6-7-16)26(34)22-4-2-3-5-25(22)42-30(31,32)33/h2-5,10-11,14,16-18,20,27,34-35,38H,6-9,12-13,15H2,1H3,(H,39,40)/b28-23-,34-26?/t17-,18?,20?,27?/m0/s1. The van der Waals surface area contributed by atoms with E-state index >= 15 is 0 Å². The molecule has 1 saturated carbocycles. The van der Waals surface area contributed by atoms with Gasteiger partial charge in [0.15, 0.2) is 6.04 Å². The number of nitrogens with zero attached hydrogens (tertiary/aromatic N) is 2. The van der Waals surface area contributed by atoms with Crippen molar-refractivity contribution in [3.63, 3.8) is 0 Å². The van der Waals surface area contributed by atoms with Crippen molar-refractivity contribution >= 4 is 23.1 Å². The quantitative estimate of drug-likeness (QED) is 0.226. The van der Waals surface area contributed by atoms with Crippen molar-refractivity contribution in [1.29, 1.82) is 5.41 Å². The van der Waals surface area contributed by atoms with E-state index < -0.39 is 24.1 Å². The molecule has 1 aliphatic carbocycles. The summed E-state index contributed by atoms with van der Waals surface area (Å²) in [5, 5.41) is 31.0. The number of carbonyl (C=O) groups is 1. The average molecular weight is 587 g/mol. The van der Waals surface area contributed by atoms with E-state index in [-0.39, 0.29) is 53.3 Å². The van der Waals surface area contributed by atoms with Crippen LogP contribution in [0, 0.1) is 11.3 Å². The molecule has 6 rings (SSSR count). The van der Waals surface area contributed by atoms with Gasteiger partial charge in [-0.25, -0.2) is 5.43 Å². The number of allylic oxidation sites excluding steroid dienone is 1. The molecule has 4 N–H and O–H groups in total. The monoisotopic (exact) mass is 586 g/mol. The summed E-state index contributed by atoms with van der Waals surface area (Å²) in [6.07, 6.45) is -0.162. The number of piperidine rings is 1. The summed E-state index contributed by atoms with van der Waals surface area (Å²) in [5.41, 5.74) is 5.43. The van der Waals surface area contributed by atoms with Crippen LogP contribution >= 0.6 is 0 Å². The fourth-order valence-corrected chi connectivity index (χ4v) is 6.56. The Labute approximate surface area is 241 Å². The van der Waals surface area contributed by atoms with Crippen molar-refractivity contribution in [3.05, 3.63) is 64.9 Å². The van der Waals surface area contributed by atoms with Crippen LogP contribution in [0.1, 0.15) is 55.7 Å². The number of alkyl halides is 3. The first kappa shape index (κ1) is 28.4. The lowest BCUT2D eigenvalue weighted by Crippen LogP contribution is -2.45. The lowest BCUT2D eigenvalue weighted by Gasteiger charge is -2.41. The molecule has 9 nitrogen and oxygen atoms in total. The molecule has 0 aromatic heterocycles. The first-order chi connectivity index (χ1) is 20.0. The maximum Gasteiger partial charge on any atom is 0.573 e. The molecule has 2 bridgehead atoms. The Morgan fingerprint density at radius 3 is 2.40 bits per heavy atom. The zero-order valence-electron chi connectivity index (χ0n) is 23.0. The smallest absolute Gasteiger partial charge is 0.512 e. The van der Waals surface area contributed by atoms with Crippen molar-refractivity contribution in [2.24, 2.45) is 5.92 Å². The second kappa shape index (κ2) is 10.8. The summed E-state index contributed by atoms with van der Waals surface area (Å²) in [6, 6.07) is 11.0. The molecule has 4 aliphatic rings. The van der Waals surface area contributed by atoms with Gasteiger partial charge >= 0.3 is 12.3 Å². The maximum atomic E-state index is 13.0. The lowest BCUT2D eigenvalue weighted by molar-refractivity contribution is -0.274. The van der Waals surface area contributed by atoms with E-state index in [9.17, 15) is 28.2 Å². The molecular formula is C30H33F3N4O5. The highest BCUT2D eigenvalue weighted by atomic mass is 19.4. The van der Waals surface area contributed by atoms with Gasteiger partial charge in [-0.3, -0.25) is 10.2 Å². The van der Waals surface area contributed by atoms with Gasteiger partial charge in [0.2, 0.25) is 0 Å². The molecule has 3 unspecified atom stereocenters. The summed E-state index contributed by atoms with van der Waals surface area (Å²) in [4.78, 5) is 14.0. The highest BCUT2D eigenvalue weighted by molar-refractivity contribution is 6.12. The number of halogens is 3. The fraction of sp³-hybridized carbons (Fsp3) is 0.467. The number of aliphatic hydroxyl groups is 1. The van der Waals surface area contributed by atoms with Gasteiger partial charge in [-0.1, -0.05) is 18.2 Å². The Morgan fingerprint density at radius 1 is 1.07 bits per heavy atom. The van der Waals surface area contributed by atoms with Crippen LogP contribution in [0.4, 0.5) is 24.5 Å². The van der Waals surface area contributed by atoms with Crippen molar-refractivity contribution in [3.8, 4) is 5.75 Å². The van der Waals surface area contributed by atoms with E-state index in [2.05, 4.69) is 15.1 Å². The number of aliphatic hydroxyl groups excluding tert-OH is 1. The number of benzene rings is 2. The Bertz CT molecular complexity index is 1410. The van der Waals surface area contributed by atoms with Crippen LogP contribution in [0.3, 0.4) is 0 Å². The van der Waals surface area contributed by atoms with E-state index in [0.717, 1.165) is 61.5 Å². The van der Waals surface area contributed by atoms with Gasteiger partial charge in [-0.2, -0.15) is 0 Å². The van der Waals surface area contributed by atoms with Gasteiger partial charge in [0.25, 0.3) is 0 Å². The van der Waals surface area contributed by atoms with E-state index in [1.54, 1.807) is 12.1 Å². The van der Waals surface area contributed by atoms with Crippen LogP contribution in [0.2, 0.25) is 0 Å². The summed E-state index contributed by atoms with van der Waals surface area (Å²) < 4.78 is 49.5. The van der Waals surface area contributed by atoms with Gasteiger partial charge in [0, 0.05) is 47.4 Å². The Morgan fingerprint density at radius 2 is 1.76 bits per heavy atom. The third-order valence-electron chi connectivity index (χ3n) is 8.66. The number of rotatable bonds is 9. The molecule has 3 fully saturated rings. The number of carboxylic acids is 1. The lowest BCUT2D eigenvalue weighted by atomic mass is 9.97. The Hall–Kier alpha value is -3.77. The van der Waals surface area contributed by atoms with Gasteiger partial charge in [0.1, 0.15) is 11.5 Å².